The van der Waals surface area contributed by atoms with Gasteiger partial charge in [-0.1, -0.05) is 19.1 Å². The third kappa shape index (κ3) is 5.66. The molecule has 0 saturated carbocycles. The van der Waals surface area contributed by atoms with Crippen LogP contribution in [-0.4, -0.2) is 55.4 Å². The van der Waals surface area contributed by atoms with Crippen LogP contribution in [0.3, 0.4) is 0 Å². The maximum absolute atomic E-state index is 12.9. The second-order valence-corrected chi connectivity index (χ2v) is 7.99. The van der Waals surface area contributed by atoms with Crippen molar-refractivity contribution >= 4 is 34.3 Å². The SMILES string of the molecule is CC[C@@H](C)Nc1cnc2c(c1)c(NC(=O)COC)c(C(=O)OC)n2CCc1ccc(OC)cc1. The number of hydrogen-bond acceptors (Lipinski definition) is 7. The number of esters is 1. The van der Waals surface area contributed by atoms with Crippen molar-refractivity contribution in [2.75, 3.05) is 38.6 Å². The Morgan fingerprint density at radius 3 is 2.50 bits per heavy atom. The number of rotatable bonds is 11. The fraction of sp³-hybridized carbons (Fsp3) is 0.400. The first kappa shape index (κ1) is 25.0. The summed E-state index contributed by atoms with van der Waals surface area (Å²) >= 11 is 0. The summed E-state index contributed by atoms with van der Waals surface area (Å²) in [6.45, 7) is 4.48. The van der Waals surface area contributed by atoms with Crippen LogP contribution in [0.1, 0.15) is 36.3 Å². The van der Waals surface area contributed by atoms with Crippen LogP contribution in [0.25, 0.3) is 11.0 Å². The number of nitrogens with one attached hydrogen (secondary N) is 2. The molecule has 2 aromatic heterocycles. The number of benzene rings is 1. The van der Waals surface area contributed by atoms with E-state index < -0.39 is 5.97 Å². The van der Waals surface area contributed by atoms with Gasteiger partial charge in [-0.15, -0.1) is 0 Å². The number of aryl methyl sites for hydroxylation is 2. The van der Waals surface area contributed by atoms with Crippen LogP contribution >= 0.6 is 0 Å². The highest BCUT2D eigenvalue weighted by molar-refractivity contribution is 6.11. The molecule has 3 aromatic rings. The average Bonchev–Trinajstić information content (AvgIpc) is 3.14. The van der Waals surface area contributed by atoms with E-state index in [1.54, 1.807) is 17.9 Å². The van der Waals surface area contributed by atoms with Gasteiger partial charge in [-0.3, -0.25) is 4.79 Å². The van der Waals surface area contributed by atoms with Crippen LogP contribution < -0.4 is 15.4 Å². The first-order valence-electron chi connectivity index (χ1n) is 11.2. The molecule has 2 heterocycles. The molecule has 0 radical (unpaired) electrons. The molecule has 0 fully saturated rings. The van der Waals surface area contributed by atoms with Gasteiger partial charge >= 0.3 is 5.97 Å². The van der Waals surface area contributed by atoms with E-state index in [1.807, 2.05) is 30.3 Å². The van der Waals surface area contributed by atoms with Gasteiger partial charge in [-0.2, -0.15) is 0 Å². The summed E-state index contributed by atoms with van der Waals surface area (Å²) in [5.74, 6) is -0.157. The maximum Gasteiger partial charge on any atom is 0.356 e. The zero-order valence-corrected chi connectivity index (χ0v) is 20.3. The van der Waals surface area contributed by atoms with E-state index >= 15 is 0 Å². The largest absolute Gasteiger partial charge is 0.497 e. The van der Waals surface area contributed by atoms with E-state index in [0.29, 0.717) is 29.7 Å². The van der Waals surface area contributed by atoms with Crippen molar-refractivity contribution in [2.24, 2.45) is 0 Å². The lowest BCUT2D eigenvalue weighted by molar-refractivity contribution is -0.119. The van der Waals surface area contributed by atoms with Gasteiger partial charge < -0.3 is 29.4 Å². The molecule has 0 unspecified atom stereocenters. The number of carbonyl (C=O) groups excluding carboxylic acids is 2. The minimum atomic E-state index is -0.558. The van der Waals surface area contributed by atoms with Gasteiger partial charge in [0.15, 0.2) is 5.69 Å². The molecule has 0 aliphatic rings. The van der Waals surface area contributed by atoms with Gasteiger partial charge in [0.1, 0.15) is 18.0 Å². The summed E-state index contributed by atoms with van der Waals surface area (Å²) in [6.07, 6.45) is 3.31. The van der Waals surface area contributed by atoms with Crippen molar-refractivity contribution in [2.45, 2.75) is 39.3 Å². The number of anilines is 2. The average molecular weight is 469 g/mol. The van der Waals surface area contributed by atoms with E-state index in [4.69, 9.17) is 14.2 Å². The van der Waals surface area contributed by atoms with E-state index in [-0.39, 0.29) is 24.2 Å². The Morgan fingerprint density at radius 2 is 1.88 bits per heavy atom. The number of methoxy groups -OCH3 is 3. The summed E-state index contributed by atoms with van der Waals surface area (Å²) in [4.78, 5) is 30.0. The van der Waals surface area contributed by atoms with Crippen molar-refractivity contribution < 1.29 is 23.8 Å². The Balaban J connectivity index is 2.09. The van der Waals surface area contributed by atoms with Gasteiger partial charge in [0.05, 0.1) is 31.8 Å². The monoisotopic (exact) mass is 468 g/mol. The number of pyridine rings is 1. The van der Waals surface area contributed by atoms with Crippen molar-refractivity contribution in [1.29, 1.82) is 0 Å². The van der Waals surface area contributed by atoms with E-state index in [0.717, 1.165) is 23.4 Å². The van der Waals surface area contributed by atoms with E-state index in [9.17, 15) is 9.59 Å². The van der Waals surface area contributed by atoms with Gasteiger partial charge in [0.25, 0.3) is 0 Å². The molecule has 0 bridgehead atoms. The third-order valence-electron chi connectivity index (χ3n) is 5.63. The minimum absolute atomic E-state index is 0.141. The smallest absolute Gasteiger partial charge is 0.356 e. The molecule has 1 aromatic carbocycles. The number of aromatic nitrogens is 2. The van der Waals surface area contributed by atoms with Crippen molar-refractivity contribution in [3.05, 3.63) is 47.8 Å². The molecule has 2 N–H and O–H groups in total. The standard InChI is InChI=1S/C25H32N4O5/c1-6-16(2)27-18-13-20-22(28-21(30)15-32-3)23(25(31)34-5)29(24(20)26-14-18)12-11-17-7-9-19(33-4)10-8-17/h7-10,13-14,16,27H,6,11-12,15H2,1-5H3,(H,28,30)/t16-/m1/s1. The lowest BCUT2D eigenvalue weighted by Gasteiger charge is -2.13. The molecule has 0 aliphatic carbocycles. The molecule has 0 saturated heterocycles. The van der Waals surface area contributed by atoms with E-state index in [2.05, 4.69) is 29.5 Å². The predicted octanol–water partition coefficient (Wildman–Crippen LogP) is 3.87. The van der Waals surface area contributed by atoms with Gasteiger partial charge in [-0.25, -0.2) is 9.78 Å². The number of fused-ring (bicyclic) bond motifs is 1. The predicted molar refractivity (Wildman–Crippen MR) is 132 cm³/mol. The molecule has 9 nitrogen and oxygen atoms in total. The number of nitrogens with zero attached hydrogens (tertiary/aromatic N) is 2. The van der Waals surface area contributed by atoms with Crippen molar-refractivity contribution in [3.63, 3.8) is 0 Å². The lowest BCUT2D eigenvalue weighted by atomic mass is 10.1. The zero-order valence-electron chi connectivity index (χ0n) is 20.3. The number of carbonyl (C=O) groups is 2. The molecule has 182 valence electrons. The Hall–Kier alpha value is -3.59. The highest BCUT2D eigenvalue weighted by Gasteiger charge is 2.26. The highest BCUT2D eigenvalue weighted by atomic mass is 16.5. The first-order chi connectivity index (χ1) is 16.4. The Kier molecular flexibility index (Phi) is 8.48. The Bertz CT molecular complexity index is 1140. The van der Waals surface area contributed by atoms with Gasteiger partial charge in [0, 0.05) is 25.1 Å². The van der Waals surface area contributed by atoms with Crippen LogP contribution in [0.15, 0.2) is 36.5 Å². The quantitative estimate of drug-likeness (QED) is 0.412. The highest BCUT2D eigenvalue weighted by Crippen LogP contribution is 2.33. The first-order valence-corrected chi connectivity index (χ1v) is 11.2. The Morgan fingerprint density at radius 1 is 1.15 bits per heavy atom. The summed E-state index contributed by atoms with van der Waals surface area (Å²) < 4.78 is 17.1. The second kappa shape index (κ2) is 11.5. The topological polar surface area (TPSA) is 104 Å². The third-order valence-corrected chi connectivity index (χ3v) is 5.63. The molecule has 34 heavy (non-hydrogen) atoms. The van der Waals surface area contributed by atoms with Crippen molar-refractivity contribution in [1.82, 2.24) is 9.55 Å². The molecule has 0 spiro atoms. The second-order valence-electron chi connectivity index (χ2n) is 7.99. The molecular formula is C25H32N4O5. The lowest BCUT2D eigenvalue weighted by Crippen LogP contribution is -2.20. The summed E-state index contributed by atoms with van der Waals surface area (Å²) in [6, 6.07) is 9.88. The molecule has 1 amide bonds. The molecular weight excluding hydrogens is 436 g/mol. The van der Waals surface area contributed by atoms with Gasteiger partial charge in [0.2, 0.25) is 5.91 Å². The fourth-order valence-electron chi connectivity index (χ4n) is 3.68. The molecule has 1 atom stereocenters. The van der Waals surface area contributed by atoms with Crippen LogP contribution in [0.4, 0.5) is 11.4 Å². The van der Waals surface area contributed by atoms with Crippen LogP contribution in [0.5, 0.6) is 5.75 Å². The fourth-order valence-corrected chi connectivity index (χ4v) is 3.68. The van der Waals surface area contributed by atoms with E-state index in [1.165, 1.54) is 14.2 Å². The summed E-state index contributed by atoms with van der Waals surface area (Å²) in [5, 5.41) is 6.87. The Labute approximate surface area is 199 Å². The minimum Gasteiger partial charge on any atom is -0.497 e. The molecule has 9 heteroatoms. The van der Waals surface area contributed by atoms with Crippen LogP contribution in [-0.2, 0) is 27.2 Å². The number of amides is 1. The number of hydrogen-bond donors (Lipinski definition) is 2. The summed E-state index contributed by atoms with van der Waals surface area (Å²) in [7, 11) is 4.38. The zero-order chi connectivity index (χ0) is 24.7. The summed E-state index contributed by atoms with van der Waals surface area (Å²) in [5.41, 5.74) is 3.05. The van der Waals surface area contributed by atoms with Crippen molar-refractivity contribution in [3.8, 4) is 5.75 Å². The van der Waals surface area contributed by atoms with Crippen LogP contribution in [0.2, 0.25) is 0 Å². The normalized spacial score (nSPS) is 11.8. The van der Waals surface area contributed by atoms with Crippen LogP contribution in [0, 0.1) is 0 Å². The molecule has 3 rings (SSSR count). The molecule has 0 aliphatic heterocycles. The maximum atomic E-state index is 12.9. The van der Waals surface area contributed by atoms with Gasteiger partial charge in [-0.05, 0) is 43.5 Å². The number of ether oxygens (including phenoxy) is 3.